The zero-order valence-electron chi connectivity index (χ0n) is 24.7. The molecule has 0 aliphatic carbocycles. The zero-order chi connectivity index (χ0) is 30.8. The average molecular weight is 601 g/mol. The number of anilines is 1. The number of benzene rings is 3. The van der Waals surface area contributed by atoms with Gasteiger partial charge in [0, 0.05) is 35.4 Å². The van der Waals surface area contributed by atoms with Gasteiger partial charge in [-0.15, -0.1) is 0 Å². The fourth-order valence-electron chi connectivity index (χ4n) is 4.94. The Morgan fingerprint density at radius 1 is 0.953 bits per heavy atom. The molecule has 0 saturated carbocycles. The number of rotatable bonds is 7. The lowest BCUT2D eigenvalue weighted by Crippen LogP contribution is -2.40. The number of morpholine rings is 1. The molecule has 224 valence electrons. The van der Waals surface area contributed by atoms with Crippen LogP contribution in [-0.2, 0) is 14.8 Å². The number of ether oxygens (including phenoxy) is 1. The normalized spacial score (nSPS) is 14.0. The number of amidine groups is 1. The number of aryl methyl sites for hydroxylation is 1. The van der Waals surface area contributed by atoms with Crippen molar-refractivity contribution in [2.75, 3.05) is 31.6 Å². The minimum atomic E-state index is -3.76. The fraction of sp³-hybridized carbons (Fsp3) is 0.281. The van der Waals surface area contributed by atoms with Crippen LogP contribution in [0.3, 0.4) is 0 Å². The van der Waals surface area contributed by atoms with E-state index in [-0.39, 0.29) is 10.8 Å². The molecule has 0 radical (unpaired) electrons. The van der Waals surface area contributed by atoms with E-state index >= 15 is 0 Å². The van der Waals surface area contributed by atoms with Crippen LogP contribution in [-0.4, -0.2) is 66.7 Å². The highest BCUT2D eigenvalue weighted by atomic mass is 32.2. The molecular formula is C32H36N6O4S. The number of carbonyl (C=O) groups excluding carboxylic acids is 1. The molecule has 1 aromatic heterocycles. The van der Waals surface area contributed by atoms with Crippen molar-refractivity contribution in [3.63, 3.8) is 0 Å². The predicted octanol–water partition coefficient (Wildman–Crippen LogP) is 4.83. The SMILES string of the molecule is Cc1cc(C(=O)Nc2ccc(-c3ccccc3S(=O)(=O)NC(C)(C)C)cc2)n(-c2cccc(C(=N)N3CCOCC3)c2)n1. The molecule has 1 amide bonds. The molecular weight excluding hydrogens is 564 g/mol. The highest BCUT2D eigenvalue weighted by molar-refractivity contribution is 7.89. The number of hydrogen-bond acceptors (Lipinski definition) is 6. The van der Waals surface area contributed by atoms with E-state index in [1.54, 1.807) is 80.1 Å². The molecule has 0 spiro atoms. The van der Waals surface area contributed by atoms with Gasteiger partial charge in [-0.05, 0) is 69.7 Å². The molecule has 10 nitrogen and oxygen atoms in total. The monoisotopic (exact) mass is 600 g/mol. The lowest BCUT2D eigenvalue weighted by molar-refractivity contribution is 0.0680. The maximum Gasteiger partial charge on any atom is 0.274 e. The third kappa shape index (κ3) is 7.02. The second-order valence-electron chi connectivity index (χ2n) is 11.5. The van der Waals surface area contributed by atoms with Crippen molar-refractivity contribution in [3.05, 3.63) is 95.8 Å². The molecule has 11 heteroatoms. The average Bonchev–Trinajstić information content (AvgIpc) is 3.38. The topological polar surface area (TPSA) is 129 Å². The van der Waals surface area contributed by atoms with Crippen molar-refractivity contribution in [1.82, 2.24) is 19.4 Å². The summed E-state index contributed by atoms with van der Waals surface area (Å²) in [6.07, 6.45) is 0. The van der Waals surface area contributed by atoms with Crippen molar-refractivity contribution in [1.29, 1.82) is 5.41 Å². The van der Waals surface area contributed by atoms with Gasteiger partial charge >= 0.3 is 0 Å². The van der Waals surface area contributed by atoms with Gasteiger partial charge in [-0.1, -0.05) is 42.5 Å². The van der Waals surface area contributed by atoms with Crippen molar-refractivity contribution in [3.8, 4) is 16.8 Å². The molecule has 0 unspecified atom stereocenters. The lowest BCUT2D eigenvalue weighted by Gasteiger charge is -2.29. The summed E-state index contributed by atoms with van der Waals surface area (Å²) in [6, 6.07) is 23.0. The number of carbonyl (C=O) groups is 1. The van der Waals surface area contributed by atoms with Crippen molar-refractivity contribution in [2.24, 2.45) is 0 Å². The van der Waals surface area contributed by atoms with Gasteiger partial charge < -0.3 is 15.0 Å². The first-order valence-electron chi connectivity index (χ1n) is 14.0. The summed E-state index contributed by atoms with van der Waals surface area (Å²) < 4.78 is 35.9. The van der Waals surface area contributed by atoms with Crippen LogP contribution in [0.25, 0.3) is 16.8 Å². The van der Waals surface area contributed by atoms with Gasteiger partial charge in [-0.2, -0.15) is 5.10 Å². The Bertz CT molecular complexity index is 1750. The molecule has 0 bridgehead atoms. The maximum absolute atomic E-state index is 13.4. The molecule has 1 aliphatic heterocycles. The second kappa shape index (κ2) is 12.1. The summed E-state index contributed by atoms with van der Waals surface area (Å²) in [6.45, 7) is 9.71. The minimum Gasteiger partial charge on any atom is -0.378 e. The molecule has 4 aromatic rings. The first-order chi connectivity index (χ1) is 20.4. The molecule has 5 rings (SSSR count). The van der Waals surface area contributed by atoms with E-state index in [1.165, 1.54) is 0 Å². The predicted molar refractivity (Wildman–Crippen MR) is 167 cm³/mol. The minimum absolute atomic E-state index is 0.185. The van der Waals surface area contributed by atoms with Gasteiger partial charge in [-0.3, -0.25) is 10.2 Å². The molecule has 0 atom stereocenters. The smallest absolute Gasteiger partial charge is 0.274 e. The van der Waals surface area contributed by atoms with Gasteiger partial charge in [0.15, 0.2) is 0 Å². The van der Waals surface area contributed by atoms with E-state index in [2.05, 4.69) is 15.1 Å². The molecule has 1 fully saturated rings. The van der Waals surface area contributed by atoms with Crippen LogP contribution in [0, 0.1) is 12.3 Å². The third-order valence-electron chi connectivity index (χ3n) is 6.83. The molecule has 2 heterocycles. The van der Waals surface area contributed by atoms with Gasteiger partial charge in [0.2, 0.25) is 10.0 Å². The number of nitrogens with one attached hydrogen (secondary N) is 3. The Kier molecular flexibility index (Phi) is 8.50. The van der Waals surface area contributed by atoms with Crippen LogP contribution in [0.4, 0.5) is 5.69 Å². The van der Waals surface area contributed by atoms with Gasteiger partial charge in [0.1, 0.15) is 11.5 Å². The number of sulfonamides is 1. The van der Waals surface area contributed by atoms with Crippen LogP contribution in [0.1, 0.15) is 42.5 Å². The van der Waals surface area contributed by atoms with Crippen LogP contribution >= 0.6 is 0 Å². The maximum atomic E-state index is 13.4. The van der Waals surface area contributed by atoms with E-state index in [1.807, 2.05) is 36.1 Å². The first-order valence-corrected chi connectivity index (χ1v) is 15.5. The first kappa shape index (κ1) is 30.1. The lowest BCUT2D eigenvalue weighted by atomic mass is 10.1. The molecule has 43 heavy (non-hydrogen) atoms. The van der Waals surface area contributed by atoms with Crippen LogP contribution in [0.2, 0.25) is 0 Å². The van der Waals surface area contributed by atoms with Crippen LogP contribution < -0.4 is 10.0 Å². The number of hydrogen-bond donors (Lipinski definition) is 3. The van der Waals surface area contributed by atoms with Crippen LogP contribution in [0.15, 0.2) is 83.8 Å². The summed E-state index contributed by atoms with van der Waals surface area (Å²) >= 11 is 0. The van der Waals surface area contributed by atoms with Crippen molar-refractivity contribution < 1.29 is 17.9 Å². The van der Waals surface area contributed by atoms with E-state index in [4.69, 9.17) is 10.1 Å². The zero-order valence-corrected chi connectivity index (χ0v) is 25.5. The Morgan fingerprint density at radius 3 is 2.35 bits per heavy atom. The molecule has 1 saturated heterocycles. The number of nitrogens with zero attached hydrogens (tertiary/aromatic N) is 3. The quantitative estimate of drug-likeness (QED) is 0.206. The van der Waals surface area contributed by atoms with E-state index in [0.29, 0.717) is 66.0 Å². The summed E-state index contributed by atoms with van der Waals surface area (Å²) in [5, 5.41) is 16.2. The van der Waals surface area contributed by atoms with Gasteiger partial charge in [0.25, 0.3) is 5.91 Å². The summed E-state index contributed by atoms with van der Waals surface area (Å²) in [4.78, 5) is 15.6. The Morgan fingerprint density at radius 2 is 1.65 bits per heavy atom. The van der Waals surface area contributed by atoms with E-state index < -0.39 is 15.6 Å². The Labute approximate surface area is 252 Å². The summed E-state index contributed by atoms with van der Waals surface area (Å²) in [7, 11) is -3.76. The second-order valence-corrected chi connectivity index (χ2v) is 13.1. The largest absolute Gasteiger partial charge is 0.378 e. The fourth-order valence-corrected chi connectivity index (χ4v) is 6.59. The Hall–Kier alpha value is -4.32. The molecule has 3 aromatic carbocycles. The van der Waals surface area contributed by atoms with E-state index in [9.17, 15) is 13.2 Å². The molecule has 1 aliphatic rings. The highest BCUT2D eigenvalue weighted by Gasteiger charge is 2.25. The highest BCUT2D eigenvalue weighted by Crippen LogP contribution is 2.29. The summed E-state index contributed by atoms with van der Waals surface area (Å²) in [5.74, 6) is 0.0584. The Balaban J connectivity index is 1.36. The van der Waals surface area contributed by atoms with Gasteiger partial charge in [-0.25, -0.2) is 17.8 Å². The van der Waals surface area contributed by atoms with Crippen molar-refractivity contribution >= 4 is 27.5 Å². The van der Waals surface area contributed by atoms with Crippen molar-refractivity contribution in [2.45, 2.75) is 38.1 Å². The summed E-state index contributed by atoms with van der Waals surface area (Å²) in [5.41, 5.74) is 3.62. The van der Waals surface area contributed by atoms with Gasteiger partial charge in [0.05, 0.1) is 29.5 Å². The standard InChI is InChI=1S/C32H36N6O4S/c1-22-20-28(38(35-22)26-9-7-8-24(21-26)30(33)37-16-18-42-19-17-37)31(39)34-25-14-12-23(13-15-25)27-10-5-6-11-29(27)43(40,41)36-32(2,3)4/h5-15,20-21,33,36H,16-19H2,1-4H3,(H,34,39). The third-order valence-corrected chi connectivity index (χ3v) is 8.64. The van der Waals surface area contributed by atoms with E-state index in [0.717, 1.165) is 5.56 Å². The van der Waals surface area contributed by atoms with Crippen LogP contribution in [0.5, 0.6) is 0 Å². The molecule has 3 N–H and O–H groups in total. The number of aromatic nitrogens is 2. The number of amides is 1.